The summed E-state index contributed by atoms with van der Waals surface area (Å²) in [5.74, 6) is 0.292. The zero-order valence-corrected chi connectivity index (χ0v) is 20.3. The molecule has 1 N–H and O–H groups in total. The lowest BCUT2D eigenvalue weighted by atomic mass is 10.1. The molecular formula is C25H20BrN3O3S. The Bertz CT molecular complexity index is 1310. The number of benzene rings is 3. The van der Waals surface area contributed by atoms with E-state index in [-0.39, 0.29) is 0 Å². The largest absolute Gasteiger partial charge is 0.493 e. The highest BCUT2D eigenvalue weighted by atomic mass is 79.9. The summed E-state index contributed by atoms with van der Waals surface area (Å²) in [5.41, 5.74) is 6.21. The third kappa shape index (κ3) is 5.66. The molecular weight excluding hydrogens is 502 g/mol. The maximum Gasteiger partial charge on any atom is 0.343 e. The second-order valence-corrected chi connectivity index (χ2v) is 9.09. The number of hydrogen-bond donors (Lipinski definition) is 1. The Morgan fingerprint density at radius 1 is 1.06 bits per heavy atom. The summed E-state index contributed by atoms with van der Waals surface area (Å²) in [7, 11) is 1.52. The first-order valence-electron chi connectivity index (χ1n) is 10.0. The van der Waals surface area contributed by atoms with Gasteiger partial charge in [-0.15, -0.1) is 11.3 Å². The fourth-order valence-corrected chi connectivity index (χ4v) is 4.28. The number of hydrazone groups is 1. The van der Waals surface area contributed by atoms with Gasteiger partial charge in [0.25, 0.3) is 0 Å². The van der Waals surface area contributed by atoms with Crippen LogP contribution in [0.4, 0.5) is 5.13 Å². The van der Waals surface area contributed by atoms with Crippen LogP contribution in [-0.4, -0.2) is 24.3 Å². The first kappa shape index (κ1) is 22.7. The molecule has 1 heterocycles. The zero-order chi connectivity index (χ0) is 23.2. The summed E-state index contributed by atoms with van der Waals surface area (Å²) in [6.45, 7) is 2.04. The number of thiazole rings is 1. The minimum Gasteiger partial charge on any atom is -0.493 e. The molecule has 0 aliphatic heterocycles. The van der Waals surface area contributed by atoms with Crippen molar-refractivity contribution in [2.24, 2.45) is 5.10 Å². The minimum absolute atomic E-state index is 0.329. The quantitative estimate of drug-likeness (QED) is 0.129. The smallest absolute Gasteiger partial charge is 0.343 e. The van der Waals surface area contributed by atoms with Gasteiger partial charge in [0.2, 0.25) is 5.13 Å². The number of aromatic nitrogens is 1. The molecule has 4 aromatic rings. The third-order valence-corrected chi connectivity index (χ3v) is 6.04. The first-order chi connectivity index (χ1) is 16.0. The molecule has 0 radical (unpaired) electrons. The van der Waals surface area contributed by atoms with Gasteiger partial charge in [-0.25, -0.2) is 9.78 Å². The van der Waals surface area contributed by atoms with E-state index in [4.69, 9.17) is 9.47 Å². The van der Waals surface area contributed by atoms with E-state index in [1.165, 1.54) is 18.4 Å². The lowest BCUT2D eigenvalue weighted by molar-refractivity contribution is 0.0729. The summed E-state index contributed by atoms with van der Waals surface area (Å²) in [5, 5.41) is 4.99. The fraction of sp³-hybridized carbons (Fsp3) is 0.0800. The lowest BCUT2D eigenvalue weighted by Crippen LogP contribution is -2.09. The molecule has 0 aliphatic rings. The zero-order valence-electron chi connectivity index (χ0n) is 17.9. The second kappa shape index (κ2) is 10.4. The van der Waals surface area contributed by atoms with Crippen LogP contribution in [0.25, 0.3) is 11.3 Å². The van der Waals surface area contributed by atoms with Gasteiger partial charge in [0.1, 0.15) is 0 Å². The van der Waals surface area contributed by atoms with E-state index in [0.29, 0.717) is 22.2 Å². The summed E-state index contributed by atoms with van der Waals surface area (Å²) in [6, 6.07) is 22.3. The summed E-state index contributed by atoms with van der Waals surface area (Å²) < 4.78 is 11.7. The molecule has 0 saturated heterocycles. The Kier molecular flexibility index (Phi) is 7.16. The molecule has 0 amide bonds. The number of anilines is 1. The summed E-state index contributed by atoms with van der Waals surface area (Å²) in [4.78, 5) is 18.2. The van der Waals surface area contributed by atoms with Crippen LogP contribution in [0.3, 0.4) is 0 Å². The van der Waals surface area contributed by atoms with E-state index in [2.05, 4.69) is 31.4 Å². The molecule has 0 saturated carbocycles. The van der Waals surface area contributed by atoms with Crippen molar-refractivity contribution in [2.75, 3.05) is 12.5 Å². The van der Waals surface area contributed by atoms with Crippen molar-refractivity contribution >= 4 is 44.6 Å². The highest BCUT2D eigenvalue weighted by Gasteiger charge is 2.13. The van der Waals surface area contributed by atoms with Crippen LogP contribution in [0.2, 0.25) is 0 Å². The average molecular weight is 522 g/mol. The highest BCUT2D eigenvalue weighted by Crippen LogP contribution is 2.31. The van der Waals surface area contributed by atoms with Gasteiger partial charge >= 0.3 is 5.97 Å². The third-order valence-electron chi connectivity index (χ3n) is 4.67. The highest BCUT2D eigenvalue weighted by molar-refractivity contribution is 9.10. The van der Waals surface area contributed by atoms with Crippen molar-refractivity contribution in [3.05, 3.63) is 93.3 Å². The van der Waals surface area contributed by atoms with Gasteiger partial charge in [-0.2, -0.15) is 5.10 Å². The summed E-state index contributed by atoms with van der Waals surface area (Å²) >= 11 is 4.89. The molecule has 0 fully saturated rings. The van der Waals surface area contributed by atoms with Crippen LogP contribution in [0.1, 0.15) is 20.8 Å². The molecule has 4 rings (SSSR count). The number of aryl methyl sites for hydroxylation is 1. The van der Waals surface area contributed by atoms with Crippen LogP contribution < -0.4 is 14.9 Å². The molecule has 3 aromatic carbocycles. The number of rotatable bonds is 7. The number of methoxy groups -OCH3 is 1. The normalized spacial score (nSPS) is 10.9. The van der Waals surface area contributed by atoms with Crippen LogP contribution in [0, 0.1) is 6.92 Å². The van der Waals surface area contributed by atoms with Gasteiger partial charge in [-0.3, -0.25) is 5.43 Å². The Labute approximate surface area is 204 Å². The molecule has 0 spiro atoms. The summed E-state index contributed by atoms with van der Waals surface area (Å²) in [6.07, 6.45) is 1.65. The molecule has 0 bridgehead atoms. The van der Waals surface area contributed by atoms with Gasteiger partial charge in [0.05, 0.1) is 24.6 Å². The molecule has 1 aromatic heterocycles. The maximum absolute atomic E-state index is 12.4. The van der Waals surface area contributed by atoms with Crippen molar-refractivity contribution in [2.45, 2.75) is 6.92 Å². The van der Waals surface area contributed by atoms with Gasteiger partial charge < -0.3 is 9.47 Å². The predicted octanol–water partition coefficient (Wildman–Crippen LogP) is 6.55. The van der Waals surface area contributed by atoms with E-state index in [9.17, 15) is 4.79 Å². The Morgan fingerprint density at radius 2 is 1.88 bits per heavy atom. The Balaban J connectivity index is 1.44. The first-order valence-corrected chi connectivity index (χ1v) is 11.6. The number of nitrogens with one attached hydrogen (secondary N) is 1. The SMILES string of the molecule is COc1cc(C=NNc2nc(-c3ccccc3)c(C)s2)ccc1OC(=O)c1cccc(Br)c1. The Hall–Kier alpha value is -3.49. The van der Waals surface area contributed by atoms with E-state index >= 15 is 0 Å². The molecule has 6 nitrogen and oxygen atoms in total. The molecule has 33 heavy (non-hydrogen) atoms. The van der Waals surface area contributed by atoms with Crippen LogP contribution >= 0.6 is 27.3 Å². The fourth-order valence-electron chi connectivity index (χ4n) is 3.09. The van der Waals surface area contributed by atoms with E-state index in [1.54, 1.807) is 42.6 Å². The van der Waals surface area contributed by atoms with Gasteiger partial charge in [-0.1, -0.05) is 52.3 Å². The van der Waals surface area contributed by atoms with Crippen LogP contribution in [0.15, 0.2) is 82.4 Å². The van der Waals surface area contributed by atoms with E-state index in [1.807, 2.05) is 43.3 Å². The van der Waals surface area contributed by atoms with Crippen molar-refractivity contribution in [3.63, 3.8) is 0 Å². The van der Waals surface area contributed by atoms with Gasteiger partial charge in [-0.05, 0) is 48.9 Å². The molecule has 166 valence electrons. The molecule has 0 unspecified atom stereocenters. The monoisotopic (exact) mass is 521 g/mol. The van der Waals surface area contributed by atoms with Gasteiger partial charge in [0.15, 0.2) is 11.5 Å². The number of esters is 1. The van der Waals surface area contributed by atoms with Crippen molar-refractivity contribution < 1.29 is 14.3 Å². The van der Waals surface area contributed by atoms with Crippen molar-refractivity contribution in [1.82, 2.24) is 4.98 Å². The number of halogens is 1. The Morgan fingerprint density at radius 3 is 2.64 bits per heavy atom. The van der Waals surface area contributed by atoms with Crippen molar-refractivity contribution in [3.8, 4) is 22.8 Å². The van der Waals surface area contributed by atoms with Crippen LogP contribution in [-0.2, 0) is 0 Å². The van der Waals surface area contributed by atoms with E-state index in [0.717, 1.165) is 26.2 Å². The standard InChI is InChI=1S/C25H20BrN3O3S/c1-16-23(18-7-4-3-5-8-18)28-25(33-16)29-27-15-17-11-12-21(22(13-17)31-2)32-24(30)19-9-6-10-20(26)14-19/h3-15H,1-2H3,(H,28,29). The number of ether oxygens (including phenoxy) is 2. The number of nitrogens with zero attached hydrogens (tertiary/aromatic N) is 2. The molecule has 8 heteroatoms. The maximum atomic E-state index is 12.4. The topological polar surface area (TPSA) is 72.8 Å². The minimum atomic E-state index is -0.467. The van der Waals surface area contributed by atoms with Crippen LogP contribution in [0.5, 0.6) is 11.5 Å². The lowest BCUT2D eigenvalue weighted by Gasteiger charge is -2.10. The predicted molar refractivity (Wildman–Crippen MR) is 136 cm³/mol. The second-order valence-electron chi connectivity index (χ2n) is 6.97. The average Bonchev–Trinajstić information content (AvgIpc) is 3.20. The molecule has 0 atom stereocenters. The van der Waals surface area contributed by atoms with Crippen molar-refractivity contribution in [1.29, 1.82) is 0 Å². The van der Waals surface area contributed by atoms with E-state index < -0.39 is 5.97 Å². The number of carbonyl (C=O) groups is 1. The number of hydrogen-bond acceptors (Lipinski definition) is 7. The number of carbonyl (C=O) groups excluding carboxylic acids is 1. The van der Waals surface area contributed by atoms with Gasteiger partial charge in [0, 0.05) is 14.9 Å². The molecule has 0 aliphatic carbocycles.